The number of fused-ring (bicyclic) bond motifs is 2. The summed E-state index contributed by atoms with van der Waals surface area (Å²) in [6.07, 6.45) is 3.98. The van der Waals surface area contributed by atoms with Crippen molar-refractivity contribution in [3.63, 3.8) is 0 Å². The molecule has 7 heteroatoms. The van der Waals surface area contributed by atoms with E-state index in [0.717, 1.165) is 30.9 Å². The molecule has 4 unspecified atom stereocenters. The second-order valence-electron chi connectivity index (χ2n) is 7.98. The van der Waals surface area contributed by atoms with Gasteiger partial charge in [0.2, 0.25) is 5.91 Å². The van der Waals surface area contributed by atoms with Crippen molar-refractivity contribution in [2.24, 2.45) is 4.99 Å². The molecule has 2 N–H and O–H groups in total. The second-order valence-corrected chi connectivity index (χ2v) is 7.98. The van der Waals surface area contributed by atoms with Crippen molar-refractivity contribution >= 4 is 11.9 Å². The molecule has 1 amide bonds. The Morgan fingerprint density at radius 3 is 2.69 bits per heavy atom. The number of rotatable bonds is 6. The predicted molar refractivity (Wildman–Crippen MR) is 112 cm³/mol. The molecule has 0 aliphatic carbocycles. The summed E-state index contributed by atoms with van der Waals surface area (Å²) < 4.78 is 11.4. The molecule has 3 aliphatic heterocycles. The minimum absolute atomic E-state index is 0.127. The van der Waals surface area contributed by atoms with Crippen LogP contribution in [0.25, 0.3) is 0 Å². The van der Waals surface area contributed by atoms with Gasteiger partial charge in [-0.05, 0) is 31.7 Å². The number of nitrogens with one attached hydrogen (secondary N) is 2. The van der Waals surface area contributed by atoms with Gasteiger partial charge in [0.15, 0.2) is 5.96 Å². The number of benzene rings is 1. The highest BCUT2D eigenvalue weighted by atomic mass is 16.5. The van der Waals surface area contributed by atoms with Crippen LogP contribution in [0.5, 0.6) is 0 Å². The van der Waals surface area contributed by atoms with E-state index in [2.05, 4.69) is 17.6 Å². The first-order chi connectivity index (χ1) is 14.2. The van der Waals surface area contributed by atoms with Crippen molar-refractivity contribution in [2.75, 3.05) is 39.4 Å². The van der Waals surface area contributed by atoms with E-state index in [-0.39, 0.29) is 17.9 Å². The third-order valence-electron chi connectivity index (χ3n) is 6.03. The Bertz CT molecular complexity index is 705. The van der Waals surface area contributed by atoms with Crippen LogP contribution in [0.4, 0.5) is 0 Å². The number of aliphatic imine (C=N–C) groups is 1. The van der Waals surface area contributed by atoms with Crippen molar-refractivity contribution < 1.29 is 14.3 Å². The molecule has 0 spiro atoms. The molecule has 3 saturated heterocycles. The van der Waals surface area contributed by atoms with E-state index in [0.29, 0.717) is 45.0 Å². The average molecular weight is 401 g/mol. The molecule has 0 saturated carbocycles. The fourth-order valence-electron chi connectivity index (χ4n) is 4.48. The first-order valence-corrected chi connectivity index (χ1v) is 10.9. The first-order valence-electron chi connectivity index (χ1n) is 10.9. The van der Waals surface area contributed by atoms with E-state index in [1.54, 1.807) is 0 Å². The van der Waals surface area contributed by atoms with Gasteiger partial charge in [-0.25, -0.2) is 0 Å². The third-order valence-corrected chi connectivity index (χ3v) is 6.03. The van der Waals surface area contributed by atoms with Crippen LogP contribution in [0.1, 0.15) is 37.7 Å². The molecule has 3 heterocycles. The number of ether oxygens (including phenoxy) is 2. The Kier molecular flexibility index (Phi) is 6.67. The summed E-state index contributed by atoms with van der Waals surface area (Å²) in [6, 6.07) is 10.3. The fourth-order valence-corrected chi connectivity index (χ4v) is 4.48. The van der Waals surface area contributed by atoms with Crippen molar-refractivity contribution in [1.82, 2.24) is 15.5 Å². The maximum absolute atomic E-state index is 13.3. The van der Waals surface area contributed by atoms with Crippen LogP contribution in [0, 0.1) is 0 Å². The lowest BCUT2D eigenvalue weighted by Gasteiger charge is -2.30. The monoisotopic (exact) mass is 400 g/mol. The summed E-state index contributed by atoms with van der Waals surface area (Å²) in [5.41, 5.74) is 1.01. The molecule has 29 heavy (non-hydrogen) atoms. The molecule has 4 atom stereocenters. The molecule has 0 aromatic heterocycles. The standard InChI is InChI=1S/C22H32N4O3/c1-2-23-22(25-19-14-17-8-9-20(19)29-17)24-15-18(16-6-4-3-5-7-16)21(27)26-10-12-28-13-11-26/h3-7,17-20H,2,8-15H2,1H3,(H2,23,24,25). The van der Waals surface area contributed by atoms with Gasteiger partial charge in [-0.15, -0.1) is 0 Å². The maximum atomic E-state index is 13.3. The van der Waals surface area contributed by atoms with Gasteiger partial charge in [0.05, 0.1) is 43.9 Å². The van der Waals surface area contributed by atoms with Gasteiger partial charge in [0, 0.05) is 19.6 Å². The molecule has 4 rings (SSSR count). The largest absolute Gasteiger partial charge is 0.378 e. The second kappa shape index (κ2) is 9.59. The van der Waals surface area contributed by atoms with Crippen molar-refractivity contribution in [3.8, 4) is 0 Å². The van der Waals surface area contributed by atoms with E-state index >= 15 is 0 Å². The van der Waals surface area contributed by atoms with Crippen molar-refractivity contribution in [3.05, 3.63) is 35.9 Å². The molecular formula is C22H32N4O3. The molecule has 1 aromatic carbocycles. The van der Waals surface area contributed by atoms with E-state index in [1.165, 1.54) is 6.42 Å². The fraction of sp³-hybridized carbons (Fsp3) is 0.636. The summed E-state index contributed by atoms with van der Waals surface area (Å²) in [5.74, 6) is 0.604. The molecule has 3 fully saturated rings. The van der Waals surface area contributed by atoms with E-state index in [4.69, 9.17) is 14.5 Å². The highest BCUT2D eigenvalue weighted by Gasteiger charge is 2.41. The highest BCUT2D eigenvalue weighted by molar-refractivity contribution is 5.85. The normalized spacial score (nSPS) is 27.7. The highest BCUT2D eigenvalue weighted by Crippen LogP contribution is 2.34. The summed E-state index contributed by atoms with van der Waals surface area (Å²) in [5, 5.41) is 6.88. The van der Waals surface area contributed by atoms with Crippen LogP contribution < -0.4 is 10.6 Å². The first kappa shape index (κ1) is 20.2. The molecule has 2 bridgehead atoms. The zero-order chi connectivity index (χ0) is 20.1. The molecule has 7 nitrogen and oxygen atoms in total. The third kappa shape index (κ3) is 4.90. The Morgan fingerprint density at radius 2 is 2.03 bits per heavy atom. The average Bonchev–Trinajstić information content (AvgIpc) is 3.38. The van der Waals surface area contributed by atoms with Gasteiger partial charge in [0.25, 0.3) is 0 Å². The van der Waals surface area contributed by atoms with E-state index < -0.39 is 0 Å². The zero-order valence-electron chi connectivity index (χ0n) is 17.2. The van der Waals surface area contributed by atoms with Crippen LogP contribution >= 0.6 is 0 Å². The number of nitrogens with zero attached hydrogens (tertiary/aromatic N) is 2. The quantitative estimate of drug-likeness (QED) is 0.559. The SMILES string of the molecule is CCNC(=NCC(C(=O)N1CCOCC1)c1ccccc1)NC1CC2CCC1O2. The number of morpholine rings is 1. The van der Waals surface area contributed by atoms with Gasteiger partial charge in [0.1, 0.15) is 0 Å². The van der Waals surface area contributed by atoms with E-state index in [1.807, 2.05) is 35.2 Å². The van der Waals surface area contributed by atoms with Gasteiger partial charge in [-0.3, -0.25) is 9.79 Å². The van der Waals surface area contributed by atoms with Gasteiger partial charge >= 0.3 is 0 Å². The Labute approximate surface area is 172 Å². The summed E-state index contributed by atoms with van der Waals surface area (Å²) in [6.45, 7) is 5.75. The van der Waals surface area contributed by atoms with Crippen molar-refractivity contribution in [2.45, 2.75) is 50.4 Å². The maximum Gasteiger partial charge on any atom is 0.232 e. The molecular weight excluding hydrogens is 368 g/mol. The molecule has 158 valence electrons. The number of carbonyl (C=O) groups is 1. The Morgan fingerprint density at radius 1 is 1.24 bits per heavy atom. The number of hydrogen-bond acceptors (Lipinski definition) is 4. The molecule has 1 aromatic rings. The number of hydrogen-bond donors (Lipinski definition) is 2. The lowest BCUT2D eigenvalue weighted by molar-refractivity contribution is -0.136. The number of guanidine groups is 1. The van der Waals surface area contributed by atoms with Crippen LogP contribution in [-0.2, 0) is 14.3 Å². The van der Waals surface area contributed by atoms with Crippen LogP contribution in [-0.4, -0.2) is 74.4 Å². The predicted octanol–water partition coefficient (Wildman–Crippen LogP) is 1.50. The summed E-state index contributed by atoms with van der Waals surface area (Å²) >= 11 is 0. The Balaban J connectivity index is 1.47. The van der Waals surface area contributed by atoms with Crippen molar-refractivity contribution in [1.29, 1.82) is 0 Å². The lowest BCUT2D eigenvalue weighted by Crippen LogP contribution is -2.48. The van der Waals surface area contributed by atoms with Gasteiger partial charge in [-0.2, -0.15) is 0 Å². The van der Waals surface area contributed by atoms with Gasteiger partial charge in [-0.1, -0.05) is 30.3 Å². The number of carbonyl (C=O) groups excluding carboxylic acids is 1. The number of amides is 1. The lowest BCUT2D eigenvalue weighted by atomic mass is 9.95. The van der Waals surface area contributed by atoms with Gasteiger partial charge < -0.3 is 25.0 Å². The topological polar surface area (TPSA) is 75.2 Å². The minimum Gasteiger partial charge on any atom is -0.378 e. The van der Waals surface area contributed by atoms with Crippen LogP contribution in [0.2, 0.25) is 0 Å². The van der Waals surface area contributed by atoms with Crippen LogP contribution in [0.15, 0.2) is 35.3 Å². The molecule has 3 aliphatic rings. The summed E-state index contributed by atoms with van der Waals surface area (Å²) in [7, 11) is 0. The van der Waals surface area contributed by atoms with Crippen LogP contribution in [0.3, 0.4) is 0 Å². The molecule has 0 radical (unpaired) electrons. The minimum atomic E-state index is -0.291. The summed E-state index contributed by atoms with van der Waals surface area (Å²) in [4.78, 5) is 20.0. The Hall–Kier alpha value is -2.12. The van der Waals surface area contributed by atoms with E-state index in [9.17, 15) is 4.79 Å². The smallest absolute Gasteiger partial charge is 0.232 e. The zero-order valence-corrected chi connectivity index (χ0v) is 17.2.